The van der Waals surface area contributed by atoms with Gasteiger partial charge in [-0.05, 0) is 111 Å². The van der Waals surface area contributed by atoms with E-state index in [9.17, 15) is 4.79 Å². The quantitative estimate of drug-likeness (QED) is 0.346. The Bertz CT molecular complexity index is 1300. The maximum Gasteiger partial charge on any atom is 0.230 e. The van der Waals surface area contributed by atoms with Crippen molar-refractivity contribution in [2.75, 3.05) is 18.6 Å². The Labute approximate surface area is 233 Å². The van der Waals surface area contributed by atoms with Crippen molar-refractivity contribution in [3.05, 3.63) is 77.1 Å². The number of aryl methyl sites for hydroxylation is 1. The van der Waals surface area contributed by atoms with E-state index in [4.69, 9.17) is 4.74 Å². The molecule has 0 saturated heterocycles. The first-order valence-electron chi connectivity index (χ1n) is 14.6. The van der Waals surface area contributed by atoms with Crippen LogP contribution in [0.2, 0.25) is 0 Å². The second-order valence-corrected chi connectivity index (χ2v) is 11.6. The molecule has 2 fully saturated rings. The molecule has 204 valence electrons. The number of H-pyrrole nitrogens is 1. The highest BCUT2D eigenvalue weighted by Gasteiger charge is 2.32. The number of ether oxygens (including phenoxy) is 1. The second-order valence-electron chi connectivity index (χ2n) is 11.6. The van der Waals surface area contributed by atoms with Crippen LogP contribution in [0.3, 0.4) is 0 Å². The van der Waals surface area contributed by atoms with E-state index in [1.165, 1.54) is 11.1 Å². The van der Waals surface area contributed by atoms with Gasteiger partial charge in [0.1, 0.15) is 5.75 Å². The van der Waals surface area contributed by atoms with Crippen LogP contribution in [0, 0.1) is 36.5 Å². The van der Waals surface area contributed by atoms with E-state index < -0.39 is 0 Å². The second kappa shape index (κ2) is 12.6. The number of aromatic amines is 1. The number of rotatable bonds is 6. The molecular formula is C34H41N3O2. The molecule has 5 rings (SSSR count). The van der Waals surface area contributed by atoms with Gasteiger partial charge in [0.2, 0.25) is 5.91 Å². The number of methoxy groups -OCH3 is 1. The summed E-state index contributed by atoms with van der Waals surface area (Å²) in [4.78, 5) is 16.1. The van der Waals surface area contributed by atoms with Gasteiger partial charge in [0, 0.05) is 29.9 Å². The lowest BCUT2D eigenvalue weighted by Gasteiger charge is -2.36. The summed E-state index contributed by atoms with van der Waals surface area (Å²) < 4.78 is 5.46. The predicted molar refractivity (Wildman–Crippen MR) is 157 cm³/mol. The van der Waals surface area contributed by atoms with Crippen molar-refractivity contribution < 1.29 is 9.53 Å². The Morgan fingerprint density at radius 1 is 1.00 bits per heavy atom. The summed E-state index contributed by atoms with van der Waals surface area (Å²) in [7, 11) is 1.73. The Morgan fingerprint density at radius 2 is 1.77 bits per heavy atom. The lowest BCUT2D eigenvalue weighted by molar-refractivity contribution is -0.123. The number of aromatic nitrogens is 2. The van der Waals surface area contributed by atoms with Gasteiger partial charge in [0.05, 0.1) is 18.9 Å². The fourth-order valence-electron chi connectivity index (χ4n) is 6.36. The van der Waals surface area contributed by atoms with E-state index in [-0.39, 0.29) is 5.92 Å². The first-order chi connectivity index (χ1) is 19.0. The van der Waals surface area contributed by atoms with Crippen LogP contribution in [-0.2, 0) is 4.79 Å². The largest absolute Gasteiger partial charge is 0.496 e. The summed E-state index contributed by atoms with van der Waals surface area (Å²) in [6.45, 7) is 5.22. The molecule has 0 aliphatic heterocycles. The van der Waals surface area contributed by atoms with E-state index >= 15 is 0 Å². The Hall–Kier alpha value is -3.52. The van der Waals surface area contributed by atoms with Crippen LogP contribution < -0.4 is 9.64 Å². The van der Waals surface area contributed by atoms with Crippen molar-refractivity contribution in [3.8, 4) is 17.6 Å². The van der Waals surface area contributed by atoms with Crippen LogP contribution in [0.4, 0.5) is 5.69 Å². The zero-order valence-electron chi connectivity index (χ0n) is 23.6. The molecule has 5 heteroatoms. The summed E-state index contributed by atoms with van der Waals surface area (Å²) >= 11 is 0. The lowest BCUT2D eigenvalue weighted by atomic mass is 9.78. The highest BCUT2D eigenvalue weighted by molar-refractivity contribution is 5.95. The van der Waals surface area contributed by atoms with Gasteiger partial charge in [-0.1, -0.05) is 37.0 Å². The van der Waals surface area contributed by atoms with Gasteiger partial charge in [-0.3, -0.25) is 9.89 Å². The van der Waals surface area contributed by atoms with Crippen molar-refractivity contribution in [2.24, 2.45) is 17.8 Å². The molecule has 1 amide bonds. The van der Waals surface area contributed by atoms with E-state index in [1.54, 1.807) is 19.5 Å². The van der Waals surface area contributed by atoms with Crippen molar-refractivity contribution in [1.82, 2.24) is 10.2 Å². The number of nitrogens with zero attached hydrogens (tertiary/aromatic N) is 2. The molecule has 2 saturated carbocycles. The number of benzene rings is 2. The number of hydrogen-bond donors (Lipinski definition) is 1. The van der Waals surface area contributed by atoms with E-state index in [1.807, 2.05) is 12.1 Å². The molecule has 0 atom stereocenters. The summed E-state index contributed by atoms with van der Waals surface area (Å²) in [5.74, 6) is 9.60. The number of carbonyl (C=O) groups is 1. The molecule has 2 aliphatic rings. The molecular weight excluding hydrogens is 482 g/mol. The average molecular weight is 524 g/mol. The van der Waals surface area contributed by atoms with Gasteiger partial charge < -0.3 is 9.64 Å². The number of nitrogens with one attached hydrogen (secondary N) is 1. The van der Waals surface area contributed by atoms with Gasteiger partial charge >= 0.3 is 0 Å². The molecule has 1 aromatic heterocycles. The topological polar surface area (TPSA) is 58.2 Å². The number of amides is 1. The minimum Gasteiger partial charge on any atom is -0.496 e. The molecule has 0 spiro atoms. The lowest BCUT2D eigenvalue weighted by Crippen LogP contribution is -2.41. The Kier molecular flexibility index (Phi) is 8.71. The standard InChI is InChI=1S/C34H41N3O2/c1-24-7-13-30(14-8-24)34(38)37(32-6-4-5-26(20-32)9-10-28-21-35-36-22-28)23-27-11-15-29(16-12-27)31-17-18-33(39-3)25(2)19-31/h4-6,17-22,24,27,29-30H,7-8,11-16,23H2,1-3H3,(H,35,36). The summed E-state index contributed by atoms with van der Waals surface area (Å²) in [6, 6.07) is 14.8. The highest BCUT2D eigenvalue weighted by Crippen LogP contribution is 2.39. The van der Waals surface area contributed by atoms with E-state index in [2.05, 4.69) is 71.1 Å². The van der Waals surface area contributed by atoms with Gasteiger partial charge in [-0.15, -0.1) is 0 Å². The molecule has 5 nitrogen and oxygen atoms in total. The molecule has 3 aromatic rings. The van der Waals surface area contributed by atoms with Crippen LogP contribution >= 0.6 is 0 Å². The van der Waals surface area contributed by atoms with Crippen molar-refractivity contribution in [2.45, 2.75) is 71.1 Å². The number of anilines is 1. The molecule has 0 bridgehead atoms. The first-order valence-corrected chi connectivity index (χ1v) is 14.6. The molecule has 1 heterocycles. The third kappa shape index (κ3) is 6.74. The maximum absolute atomic E-state index is 14.0. The van der Waals surface area contributed by atoms with Crippen LogP contribution in [-0.4, -0.2) is 29.8 Å². The fraction of sp³-hybridized carbons (Fsp3) is 0.471. The zero-order valence-corrected chi connectivity index (χ0v) is 23.6. The molecule has 39 heavy (non-hydrogen) atoms. The minimum absolute atomic E-state index is 0.125. The van der Waals surface area contributed by atoms with Crippen molar-refractivity contribution in [1.29, 1.82) is 0 Å². The fourth-order valence-corrected chi connectivity index (χ4v) is 6.36. The van der Waals surface area contributed by atoms with E-state index in [0.29, 0.717) is 17.7 Å². The molecule has 0 unspecified atom stereocenters. The molecule has 2 aromatic carbocycles. The third-order valence-electron chi connectivity index (χ3n) is 8.82. The third-order valence-corrected chi connectivity index (χ3v) is 8.82. The molecule has 0 radical (unpaired) electrons. The van der Waals surface area contributed by atoms with Crippen LogP contribution in [0.15, 0.2) is 54.9 Å². The van der Waals surface area contributed by atoms with Gasteiger partial charge in [0.15, 0.2) is 0 Å². The normalized spacial score (nSPS) is 22.9. The number of carbonyl (C=O) groups excluding carboxylic acids is 1. The van der Waals surface area contributed by atoms with Gasteiger partial charge in [-0.2, -0.15) is 5.10 Å². The monoisotopic (exact) mass is 523 g/mol. The summed E-state index contributed by atoms with van der Waals surface area (Å²) in [5, 5.41) is 6.78. The Morgan fingerprint density at radius 3 is 2.46 bits per heavy atom. The van der Waals surface area contributed by atoms with Gasteiger partial charge in [0.25, 0.3) is 0 Å². The average Bonchev–Trinajstić information content (AvgIpc) is 3.49. The minimum atomic E-state index is 0.125. The van der Waals surface area contributed by atoms with Gasteiger partial charge in [-0.25, -0.2) is 0 Å². The molecule has 1 N–H and O–H groups in total. The Balaban J connectivity index is 1.31. The SMILES string of the molecule is COc1ccc(C2CCC(CN(C(=O)C3CCC(C)CC3)c3cccc(C#Cc4cn[nH]c4)c3)CC2)cc1C. The molecule has 2 aliphatic carbocycles. The predicted octanol–water partition coefficient (Wildman–Crippen LogP) is 7.26. The smallest absolute Gasteiger partial charge is 0.230 e. The van der Waals surface area contributed by atoms with Crippen molar-refractivity contribution >= 4 is 11.6 Å². The van der Waals surface area contributed by atoms with Crippen molar-refractivity contribution in [3.63, 3.8) is 0 Å². The summed E-state index contributed by atoms with van der Waals surface area (Å²) in [6.07, 6.45) is 12.4. The van der Waals surface area contributed by atoms with Crippen LogP contribution in [0.1, 0.15) is 86.5 Å². The van der Waals surface area contributed by atoms with Crippen LogP contribution in [0.25, 0.3) is 0 Å². The first kappa shape index (κ1) is 27.1. The summed E-state index contributed by atoms with van der Waals surface area (Å²) in [5.41, 5.74) is 5.37. The zero-order chi connectivity index (χ0) is 27.2. The number of hydrogen-bond acceptors (Lipinski definition) is 3. The highest BCUT2D eigenvalue weighted by atomic mass is 16.5. The van der Waals surface area contributed by atoms with E-state index in [0.717, 1.165) is 86.4 Å². The van der Waals surface area contributed by atoms with Crippen LogP contribution in [0.5, 0.6) is 5.75 Å². The maximum atomic E-state index is 14.0.